The molecule has 1 N–H and O–H groups in total. The number of thiol groups is 1. The molecule has 1 heterocycles. The topological polar surface area (TPSA) is 15.8 Å². The molecule has 0 fully saturated rings. The van der Waals surface area contributed by atoms with Gasteiger partial charge in [-0.25, -0.2) is 0 Å². The van der Waals surface area contributed by atoms with E-state index in [1.54, 1.807) is 0 Å². The van der Waals surface area contributed by atoms with Gasteiger partial charge < -0.3 is 4.98 Å². The van der Waals surface area contributed by atoms with Crippen LogP contribution in [-0.2, 0) is 0 Å². The maximum atomic E-state index is 4.25. The molecule has 11 heavy (non-hydrogen) atoms. The van der Waals surface area contributed by atoms with Crippen molar-refractivity contribution in [2.45, 2.75) is 5.03 Å². The molecular formula is C8H6BrNS. The molecule has 1 nitrogen and oxygen atoms in total. The minimum atomic E-state index is 0.881. The molecule has 1 aromatic carbocycles. The molecule has 2 aromatic rings. The molecule has 0 aliphatic carbocycles. The van der Waals surface area contributed by atoms with Crippen LogP contribution in [0.1, 0.15) is 0 Å². The van der Waals surface area contributed by atoms with E-state index in [9.17, 15) is 0 Å². The number of H-pyrrole nitrogens is 1. The van der Waals surface area contributed by atoms with E-state index in [1.165, 1.54) is 5.39 Å². The molecule has 0 aliphatic rings. The van der Waals surface area contributed by atoms with E-state index < -0.39 is 0 Å². The molecular weight excluding hydrogens is 222 g/mol. The fraction of sp³-hybridized carbons (Fsp3) is 0. The fourth-order valence-electron chi connectivity index (χ4n) is 1.09. The average Bonchev–Trinajstić information content (AvgIpc) is 2.30. The van der Waals surface area contributed by atoms with E-state index in [0.717, 1.165) is 15.0 Å². The van der Waals surface area contributed by atoms with Crippen molar-refractivity contribution in [2.75, 3.05) is 0 Å². The first-order valence-corrected chi connectivity index (χ1v) is 4.48. The number of hydrogen-bond donors (Lipinski definition) is 2. The second-order valence-corrected chi connectivity index (χ2v) is 3.57. The molecule has 0 bridgehead atoms. The summed E-state index contributed by atoms with van der Waals surface area (Å²) in [5, 5.41) is 2.06. The van der Waals surface area contributed by atoms with Crippen LogP contribution < -0.4 is 0 Å². The zero-order chi connectivity index (χ0) is 7.84. The van der Waals surface area contributed by atoms with Gasteiger partial charge >= 0.3 is 0 Å². The van der Waals surface area contributed by atoms with Crippen molar-refractivity contribution in [1.82, 2.24) is 4.98 Å². The van der Waals surface area contributed by atoms with Gasteiger partial charge in [-0.3, -0.25) is 0 Å². The summed E-state index contributed by atoms with van der Waals surface area (Å²) < 4.78 is 1.04. The van der Waals surface area contributed by atoms with Crippen molar-refractivity contribution in [3.05, 3.63) is 28.7 Å². The van der Waals surface area contributed by atoms with Crippen LogP contribution in [0.5, 0.6) is 0 Å². The van der Waals surface area contributed by atoms with Crippen LogP contribution in [-0.4, -0.2) is 4.98 Å². The summed E-state index contributed by atoms with van der Waals surface area (Å²) >= 11 is 7.70. The quantitative estimate of drug-likeness (QED) is 0.644. The first kappa shape index (κ1) is 7.25. The third kappa shape index (κ3) is 1.08. The summed E-state index contributed by atoms with van der Waals surface area (Å²) in [7, 11) is 0. The maximum Gasteiger partial charge on any atom is 0.0846 e. The number of halogens is 1. The van der Waals surface area contributed by atoms with Crippen molar-refractivity contribution in [3.63, 3.8) is 0 Å². The Morgan fingerprint density at radius 3 is 2.73 bits per heavy atom. The van der Waals surface area contributed by atoms with Crippen molar-refractivity contribution < 1.29 is 0 Å². The molecule has 1 aromatic heterocycles. The summed E-state index contributed by atoms with van der Waals surface area (Å²) in [6.07, 6.45) is 0. The fourth-order valence-corrected chi connectivity index (χ4v) is 1.78. The highest BCUT2D eigenvalue weighted by Crippen LogP contribution is 2.29. The largest absolute Gasteiger partial charge is 0.349 e. The minimum Gasteiger partial charge on any atom is -0.349 e. The van der Waals surface area contributed by atoms with E-state index >= 15 is 0 Å². The molecule has 0 unspecified atom stereocenters. The van der Waals surface area contributed by atoms with Crippen molar-refractivity contribution in [3.8, 4) is 0 Å². The van der Waals surface area contributed by atoms with E-state index in [4.69, 9.17) is 0 Å². The summed E-state index contributed by atoms with van der Waals surface area (Å²) in [6.45, 7) is 0. The van der Waals surface area contributed by atoms with Crippen molar-refractivity contribution in [1.29, 1.82) is 0 Å². The highest BCUT2D eigenvalue weighted by atomic mass is 79.9. The maximum absolute atomic E-state index is 4.25. The van der Waals surface area contributed by atoms with Crippen LogP contribution in [0.3, 0.4) is 0 Å². The third-order valence-electron chi connectivity index (χ3n) is 1.62. The first-order valence-electron chi connectivity index (χ1n) is 3.24. The van der Waals surface area contributed by atoms with Gasteiger partial charge in [-0.15, -0.1) is 12.6 Å². The Hall–Kier alpha value is -0.410. The van der Waals surface area contributed by atoms with E-state index in [-0.39, 0.29) is 0 Å². The molecule has 2 rings (SSSR count). The van der Waals surface area contributed by atoms with Gasteiger partial charge in [0.2, 0.25) is 0 Å². The van der Waals surface area contributed by atoms with Gasteiger partial charge in [0.25, 0.3) is 0 Å². The Morgan fingerprint density at radius 2 is 2.00 bits per heavy atom. The second kappa shape index (κ2) is 2.57. The number of nitrogens with one attached hydrogen (secondary N) is 1. The Balaban J connectivity index is 2.92. The number of hydrogen-bond acceptors (Lipinski definition) is 1. The van der Waals surface area contributed by atoms with Crippen LogP contribution >= 0.6 is 28.6 Å². The monoisotopic (exact) mass is 227 g/mol. The number of para-hydroxylation sites is 1. The van der Waals surface area contributed by atoms with E-state index in [1.807, 2.05) is 18.2 Å². The SMILES string of the molecule is Sc1[nH]c2ccccc2c1Br. The number of aromatic amines is 1. The predicted molar refractivity (Wildman–Crippen MR) is 53.3 cm³/mol. The van der Waals surface area contributed by atoms with Gasteiger partial charge in [0.05, 0.1) is 9.50 Å². The van der Waals surface area contributed by atoms with Gasteiger partial charge in [0.1, 0.15) is 0 Å². The predicted octanol–water partition coefficient (Wildman–Crippen LogP) is 3.22. The summed E-state index contributed by atoms with van der Waals surface area (Å²) in [6, 6.07) is 8.09. The van der Waals surface area contributed by atoms with Crippen LogP contribution in [0.4, 0.5) is 0 Å². The first-order chi connectivity index (χ1) is 5.29. The summed E-state index contributed by atoms with van der Waals surface area (Å²) in [4.78, 5) is 3.14. The molecule has 0 amide bonds. The lowest BCUT2D eigenvalue weighted by atomic mass is 10.3. The lowest BCUT2D eigenvalue weighted by Gasteiger charge is -1.85. The summed E-state index contributed by atoms with van der Waals surface area (Å²) in [5.41, 5.74) is 1.12. The van der Waals surface area contributed by atoms with E-state index in [2.05, 4.69) is 39.6 Å². The third-order valence-corrected chi connectivity index (χ3v) is 3.09. The standard InChI is InChI=1S/C8H6BrNS/c9-7-5-3-1-2-4-6(5)10-8(7)11/h1-4,10-11H. The number of aromatic nitrogens is 1. The van der Waals surface area contributed by atoms with Gasteiger partial charge in [0, 0.05) is 10.9 Å². The van der Waals surface area contributed by atoms with Gasteiger partial charge in [-0.05, 0) is 22.0 Å². The zero-order valence-corrected chi connectivity index (χ0v) is 8.12. The van der Waals surface area contributed by atoms with Crippen LogP contribution in [0.25, 0.3) is 10.9 Å². The second-order valence-electron chi connectivity index (χ2n) is 2.33. The van der Waals surface area contributed by atoms with Crippen molar-refractivity contribution >= 4 is 39.5 Å². The van der Waals surface area contributed by atoms with Crippen LogP contribution in [0.2, 0.25) is 0 Å². The minimum absolute atomic E-state index is 0.881. The van der Waals surface area contributed by atoms with Crippen LogP contribution in [0, 0.1) is 0 Å². The molecule has 0 aliphatic heterocycles. The number of rotatable bonds is 0. The number of benzene rings is 1. The average molecular weight is 228 g/mol. The molecule has 56 valence electrons. The zero-order valence-electron chi connectivity index (χ0n) is 5.63. The smallest absolute Gasteiger partial charge is 0.0846 e. The lowest BCUT2D eigenvalue weighted by molar-refractivity contribution is 1.23. The van der Waals surface area contributed by atoms with Gasteiger partial charge in [-0.1, -0.05) is 18.2 Å². The molecule has 0 spiro atoms. The van der Waals surface area contributed by atoms with Gasteiger partial charge in [0.15, 0.2) is 0 Å². The highest BCUT2D eigenvalue weighted by molar-refractivity contribution is 9.10. The molecule has 0 radical (unpaired) electrons. The Bertz CT molecular complexity index is 394. The van der Waals surface area contributed by atoms with Crippen LogP contribution in [0.15, 0.2) is 33.8 Å². The summed E-state index contributed by atoms with van der Waals surface area (Å²) in [5.74, 6) is 0. The molecule has 0 saturated heterocycles. The normalized spacial score (nSPS) is 10.7. The Kier molecular flexibility index (Phi) is 1.69. The molecule has 3 heteroatoms. The van der Waals surface area contributed by atoms with Gasteiger partial charge in [-0.2, -0.15) is 0 Å². The molecule has 0 saturated carbocycles. The lowest BCUT2D eigenvalue weighted by Crippen LogP contribution is -1.63. The number of fused-ring (bicyclic) bond motifs is 1. The Labute approximate surface area is 78.3 Å². The van der Waals surface area contributed by atoms with Crippen molar-refractivity contribution in [2.24, 2.45) is 0 Å². The van der Waals surface area contributed by atoms with E-state index in [0.29, 0.717) is 0 Å². The Morgan fingerprint density at radius 1 is 1.27 bits per heavy atom. The highest BCUT2D eigenvalue weighted by Gasteiger charge is 2.03. The molecule has 0 atom stereocenters.